The number of halogens is 5. The van der Waals surface area contributed by atoms with Crippen molar-refractivity contribution in [1.29, 1.82) is 0 Å². The number of para-hydroxylation sites is 2. The van der Waals surface area contributed by atoms with Crippen molar-refractivity contribution >= 4 is 61.9 Å². The Balaban J connectivity index is 1.33. The van der Waals surface area contributed by atoms with E-state index in [1.807, 2.05) is 18.7 Å². The summed E-state index contributed by atoms with van der Waals surface area (Å²) in [4.78, 5) is 19.4. The number of anilines is 4. The summed E-state index contributed by atoms with van der Waals surface area (Å²) >= 11 is 7.46. The first-order valence-electron chi connectivity index (χ1n) is 13.2. The highest BCUT2D eigenvalue weighted by atomic mass is 35.5. The van der Waals surface area contributed by atoms with Gasteiger partial charge in [-0.05, 0) is 54.6 Å². The van der Waals surface area contributed by atoms with Gasteiger partial charge in [-0.25, -0.2) is 14.2 Å². The molecule has 2 amide bonds. The quantitative estimate of drug-likeness (QED) is 0.166. The minimum Gasteiger partial charge on any atom is -0.506 e. The normalized spacial score (nSPS) is 14.0. The lowest BCUT2D eigenvalue weighted by atomic mass is 9.83. The number of benzene rings is 4. The molecule has 3 N–H and O–H groups in total. The predicted molar refractivity (Wildman–Crippen MR) is 164 cm³/mol. The number of alkyl halides is 3. The number of amides is 2. The zero-order valence-corrected chi connectivity index (χ0v) is 24.7. The number of rotatable bonds is 5. The van der Waals surface area contributed by atoms with E-state index in [-0.39, 0.29) is 17.0 Å². The van der Waals surface area contributed by atoms with Crippen LogP contribution in [0.5, 0.6) is 11.5 Å². The third kappa shape index (κ3) is 5.70. The molecule has 0 fully saturated rings. The number of hydrogen-bond acceptors (Lipinski definition) is 6. The zero-order chi connectivity index (χ0) is 31.4. The second kappa shape index (κ2) is 10.9. The number of ether oxygens (including phenoxy) is 1. The summed E-state index contributed by atoms with van der Waals surface area (Å²) < 4.78 is 57.7. The van der Waals surface area contributed by atoms with Gasteiger partial charge in [0.1, 0.15) is 22.3 Å². The van der Waals surface area contributed by atoms with Crippen molar-refractivity contribution < 1.29 is 32.2 Å². The van der Waals surface area contributed by atoms with Gasteiger partial charge in [0.2, 0.25) is 0 Å². The second-order valence-corrected chi connectivity index (χ2v) is 12.2. The summed E-state index contributed by atoms with van der Waals surface area (Å²) in [5.74, 6) is -1.30. The minimum atomic E-state index is -4.83. The summed E-state index contributed by atoms with van der Waals surface area (Å²) in [5, 5.41) is 17.4. The van der Waals surface area contributed by atoms with Crippen molar-refractivity contribution in [2.24, 2.45) is 0 Å². The molecule has 0 aliphatic carbocycles. The molecule has 0 radical (unpaired) electrons. The van der Waals surface area contributed by atoms with E-state index in [0.29, 0.717) is 44.7 Å². The summed E-state index contributed by atoms with van der Waals surface area (Å²) in [5.41, 5.74) is 2.40. The molecule has 0 bridgehead atoms. The number of phenolic OH excluding ortho intramolecular Hbond substituents is 1. The lowest BCUT2D eigenvalue weighted by Gasteiger charge is -2.25. The number of nitrogens with one attached hydrogen (secondary N) is 2. The fourth-order valence-electron chi connectivity index (χ4n) is 5.37. The molecule has 7 nitrogen and oxygen atoms in total. The third-order valence-corrected chi connectivity index (χ3v) is 8.36. The maximum atomic E-state index is 15.7. The number of nitrogens with zero attached hydrogens (tertiary/aromatic N) is 2. The maximum Gasteiger partial charge on any atom is 0.573 e. The van der Waals surface area contributed by atoms with Crippen LogP contribution in [0, 0.1) is 5.82 Å². The smallest absolute Gasteiger partial charge is 0.506 e. The van der Waals surface area contributed by atoms with Gasteiger partial charge in [-0.3, -0.25) is 0 Å². The zero-order valence-electron chi connectivity index (χ0n) is 23.1. The Kier molecular flexibility index (Phi) is 7.29. The molecular weight excluding hydrogens is 620 g/mol. The SMILES string of the molecule is CC1(C)CN(c2ccccc2NC(=O)Nc2ccc(OC(F)(F)F)cc2)c2c(O)cc(F)c(-c3nc4ccc(Cl)cc4s3)c21. The Morgan fingerprint density at radius 3 is 2.52 bits per heavy atom. The molecule has 4 aromatic carbocycles. The molecule has 1 aromatic heterocycles. The molecule has 1 aliphatic heterocycles. The van der Waals surface area contributed by atoms with Crippen LogP contribution in [-0.4, -0.2) is 29.0 Å². The van der Waals surface area contributed by atoms with Gasteiger partial charge in [0.15, 0.2) is 0 Å². The topological polar surface area (TPSA) is 86.7 Å². The highest BCUT2D eigenvalue weighted by Gasteiger charge is 2.42. The number of aromatic hydroxyl groups is 1. The fourth-order valence-corrected chi connectivity index (χ4v) is 6.67. The first-order chi connectivity index (χ1) is 20.8. The number of carbonyl (C=O) groups excluding carboxylic acids is 1. The van der Waals surface area contributed by atoms with Gasteiger partial charge < -0.3 is 25.4 Å². The molecule has 1 aliphatic rings. The highest BCUT2D eigenvalue weighted by Crippen LogP contribution is 2.55. The number of aromatic nitrogens is 1. The van der Waals surface area contributed by atoms with Gasteiger partial charge in [-0.1, -0.05) is 37.6 Å². The first-order valence-corrected chi connectivity index (χ1v) is 14.4. The fraction of sp³-hybridized carbons (Fsp3) is 0.161. The Bertz CT molecular complexity index is 1910. The van der Waals surface area contributed by atoms with Crippen LogP contribution in [0.1, 0.15) is 19.4 Å². The van der Waals surface area contributed by atoms with E-state index in [9.17, 15) is 23.1 Å². The average Bonchev–Trinajstić information content (AvgIpc) is 3.47. The predicted octanol–water partition coefficient (Wildman–Crippen LogP) is 9.43. The number of fused-ring (bicyclic) bond motifs is 2. The van der Waals surface area contributed by atoms with Crippen LogP contribution in [0.25, 0.3) is 20.8 Å². The van der Waals surface area contributed by atoms with Gasteiger partial charge in [0, 0.05) is 34.3 Å². The first kappa shape index (κ1) is 29.5. The number of thiazole rings is 1. The molecule has 13 heteroatoms. The van der Waals surface area contributed by atoms with E-state index in [2.05, 4.69) is 20.4 Å². The van der Waals surface area contributed by atoms with Gasteiger partial charge >= 0.3 is 12.4 Å². The number of hydrogen-bond donors (Lipinski definition) is 3. The molecule has 0 saturated carbocycles. The molecule has 0 spiro atoms. The van der Waals surface area contributed by atoms with E-state index >= 15 is 4.39 Å². The minimum absolute atomic E-state index is 0.233. The van der Waals surface area contributed by atoms with Crippen LogP contribution >= 0.6 is 22.9 Å². The van der Waals surface area contributed by atoms with Crippen molar-refractivity contribution in [1.82, 2.24) is 4.98 Å². The summed E-state index contributed by atoms with van der Waals surface area (Å²) in [6.45, 7) is 4.21. The van der Waals surface area contributed by atoms with Crippen molar-refractivity contribution in [2.45, 2.75) is 25.6 Å². The summed E-state index contributed by atoms with van der Waals surface area (Å²) in [6, 6.07) is 17.3. The van der Waals surface area contributed by atoms with Crippen LogP contribution in [0.4, 0.5) is 45.1 Å². The lowest BCUT2D eigenvalue weighted by Crippen LogP contribution is -2.27. The Morgan fingerprint density at radius 2 is 1.80 bits per heavy atom. The van der Waals surface area contributed by atoms with Crippen molar-refractivity contribution in [3.8, 4) is 22.1 Å². The Morgan fingerprint density at radius 1 is 1.07 bits per heavy atom. The van der Waals surface area contributed by atoms with Crippen LogP contribution < -0.4 is 20.3 Å². The second-order valence-electron chi connectivity index (χ2n) is 10.7. The number of urea groups is 1. The van der Waals surface area contributed by atoms with E-state index < -0.39 is 29.4 Å². The van der Waals surface area contributed by atoms with Crippen molar-refractivity contribution in [3.63, 3.8) is 0 Å². The van der Waals surface area contributed by atoms with E-state index in [1.54, 1.807) is 42.5 Å². The summed E-state index contributed by atoms with van der Waals surface area (Å²) in [7, 11) is 0. The van der Waals surface area contributed by atoms with Gasteiger partial charge in [0.05, 0.1) is 32.8 Å². The molecule has 0 atom stereocenters. The van der Waals surface area contributed by atoms with Crippen LogP contribution in [0.15, 0.2) is 72.8 Å². The molecule has 44 heavy (non-hydrogen) atoms. The van der Waals surface area contributed by atoms with Crippen molar-refractivity contribution in [3.05, 3.63) is 89.2 Å². The molecule has 0 unspecified atom stereocenters. The van der Waals surface area contributed by atoms with Crippen LogP contribution in [-0.2, 0) is 5.41 Å². The van der Waals surface area contributed by atoms with Gasteiger partial charge in [-0.2, -0.15) is 0 Å². The van der Waals surface area contributed by atoms with E-state index in [4.69, 9.17) is 11.6 Å². The molecule has 2 heterocycles. The third-order valence-electron chi connectivity index (χ3n) is 7.08. The molecular formula is C31H23ClF4N4O3S. The van der Waals surface area contributed by atoms with E-state index in [1.165, 1.54) is 23.5 Å². The molecule has 226 valence electrons. The Hall–Kier alpha value is -4.55. The largest absolute Gasteiger partial charge is 0.573 e. The lowest BCUT2D eigenvalue weighted by molar-refractivity contribution is -0.274. The number of phenols is 1. The van der Waals surface area contributed by atoms with Crippen molar-refractivity contribution in [2.75, 3.05) is 22.1 Å². The van der Waals surface area contributed by atoms with Gasteiger partial charge in [0.25, 0.3) is 0 Å². The van der Waals surface area contributed by atoms with Crippen LogP contribution in [0.2, 0.25) is 5.02 Å². The number of carbonyl (C=O) groups is 1. The average molecular weight is 643 g/mol. The molecule has 5 aromatic rings. The molecule has 6 rings (SSSR count). The van der Waals surface area contributed by atoms with E-state index in [0.717, 1.165) is 22.9 Å². The highest BCUT2D eigenvalue weighted by molar-refractivity contribution is 7.21. The Labute approximate surface area is 257 Å². The molecule has 0 saturated heterocycles. The summed E-state index contributed by atoms with van der Waals surface area (Å²) in [6.07, 6.45) is -4.83. The standard InChI is InChI=1S/C31H23ClF4N4O3S/c1-30(2)15-40(27-23(41)14-19(33)25(26(27)30)28-38-21-12-7-16(32)13-24(21)44-28)22-6-4-3-5-20(22)39-29(42)37-17-8-10-18(11-9-17)43-31(34,35)36/h3-14,41H,15H2,1-2H3,(H2,37,39,42). The van der Waals surface area contributed by atoms with Crippen LogP contribution in [0.3, 0.4) is 0 Å². The maximum absolute atomic E-state index is 15.7. The monoisotopic (exact) mass is 642 g/mol. The van der Waals surface area contributed by atoms with Gasteiger partial charge in [-0.15, -0.1) is 24.5 Å².